The molecule has 0 radical (unpaired) electrons. The second kappa shape index (κ2) is 7.92. The number of rotatable bonds is 6. The number of hydrogen-bond acceptors (Lipinski definition) is 4. The van der Waals surface area contributed by atoms with Crippen LogP contribution in [0.3, 0.4) is 0 Å². The van der Waals surface area contributed by atoms with E-state index in [2.05, 4.69) is 12.1 Å². The van der Waals surface area contributed by atoms with Gasteiger partial charge in [0.25, 0.3) is 0 Å². The number of benzene rings is 2. The fourth-order valence-corrected chi connectivity index (χ4v) is 2.74. The predicted octanol–water partition coefficient (Wildman–Crippen LogP) is 4.77. The molecule has 3 rings (SSSR count). The SMILES string of the molecule is CC(C)(C)OC(=O)c1ccc(OC2CC(OCc3ccccc3)C2)cc1. The fraction of sp³-hybridized carbons (Fsp3) is 0.409. The Kier molecular flexibility index (Phi) is 5.62. The zero-order valence-corrected chi connectivity index (χ0v) is 15.6. The molecule has 0 aromatic heterocycles. The number of ether oxygens (including phenoxy) is 3. The summed E-state index contributed by atoms with van der Waals surface area (Å²) in [6.07, 6.45) is 2.20. The molecule has 0 heterocycles. The summed E-state index contributed by atoms with van der Waals surface area (Å²) >= 11 is 0. The maximum atomic E-state index is 12.0. The molecule has 1 fully saturated rings. The van der Waals surface area contributed by atoms with Crippen LogP contribution in [0.25, 0.3) is 0 Å². The van der Waals surface area contributed by atoms with Gasteiger partial charge in [0, 0.05) is 12.8 Å². The normalized spacial score (nSPS) is 19.5. The summed E-state index contributed by atoms with van der Waals surface area (Å²) in [6, 6.07) is 17.3. The zero-order chi connectivity index (χ0) is 18.6. The van der Waals surface area contributed by atoms with E-state index in [-0.39, 0.29) is 18.2 Å². The Hall–Kier alpha value is -2.33. The van der Waals surface area contributed by atoms with E-state index in [0.29, 0.717) is 12.2 Å². The molecule has 4 heteroatoms. The highest BCUT2D eigenvalue weighted by molar-refractivity contribution is 5.89. The van der Waals surface area contributed by atoms with Crippen LogP contribution in [-0.2, 0) is 16.1 Å². The van der Waals surface area contributed by atoms with Crippen molar-refractivity contribution in [2.24, 2.45) is 0 Å². The minimum absolute atomic E-state index is 0.170. The second-order valence-corrected chi connectivity index (χ2v) is 7.66. The second-order valence-electron chi connectivity index (χ2n) is 7.66. The smallest absolute Gasteiger partial charge is 0.338 e. The lowest BCUT2D eigenvalue weighted by atomic mass is 9.92. The largest absolute Gasteiger partial charge is 0.490 e. The summed E-state index contributed by atoms with van der Waals surface area (Å²) in [7, 11) is 0. The highest BCUT2D eigenvalue weighted by atomic mass is 16.6. The molecule has 0 bridgehead atoms. The number of esters is 1. The summed E-state index contributed by atoms with van der Waals surface area (Å²) in [5.41, 5.74) is 1.23. The Bertz CT molecular complexity index is 710. The third kappa shape index (κ3) is 5.33. The lowest BCUT2D eigenvalue weighted by molar-refractivity contribution is -0.0683. The maximum Gasteiger partial charge on any atom is 0.338 e. The summed E-state index contributed by atoms with van der Waals surface area (Å²) in [5, 5.41) is 0. The van der Waals surface area contributed by atoms with Crippen molar-refractivity contribution in [2.45, 2.75) is 58.0 Å². The molecular formula is C22H26O4. The third-order valence-electron chi connectivity index (χ3n) is 4.17. The maximum absolute atomic E-state index is 12.0. The van der Waals surface area contributed by atoms with Crippen LogP contribution in [0.4, 0.5) is 0 Å². The number of carbonyl (C=O) groups excluding carboxylic acids is 1. The molecule has 1 aliphatic carbocycles. The molecule has 138 valence electrons. The van der Waals surface area contributed by atoms with Crippen LogP contribution in [0, 0.1) is 0 Å². The highest BCUT2D eigenvalue weighted by Gasteiger charge is 2.31. The van der Waals surface area contributed by atoms with E-state index in [4.69, 9.17) is 14.2 Å². The first-order valence-electron chi connectivity index (χ1n) is 9.05. The van der Waals surface area contributed by atoms with Gasteiger partial charge in [-0.15, -0.1) is 0 Å². The molecule has 0 spiro atoms. The molecule has 1 aliphatic rings. The van der Waals surface area contributed by atoms with Crippen LogP contribution in [0.5, 0.6) is 5.75 Å². The first-order valence-corrected chi connectivity index (χ1v) is 9.05. The standard InChI is InChI=1S/C22H26O4/c1-22(2,3)26-21(23)17-9-11-18(12-10-17)25-20-13-19(14-20)24-15-16-7-5-4-6-8-16/h4-12,19-20H,13-15H2,1-3H3. The summed E-state index contributed by atoms with van der Waals surface area (Å²) in [5.74, 6) is 0.450. The van der Waals surface area contributed by atoms with Gasteiger partial charge in [0.1, 0.15) is 17.5 Å². The quantitative estimate of drug-likeness (QED) is 0.701. The van der Waals surface area contributed by atoms with Crippen molar-refractivity contribution in [1.82, 2.24) is 0 Å². The van der Waals surface area contributed by atoms with Crippen LogP contribution in [-0.4, -0.2) is 23.8 Å². The van der Waals surface area contributed by atoms with E-state index in [1.807, 2.05) is 51.1 Å². The molecule has 4 nitrogen and oxygen atoms in total. The van der Waals surface area contributed by atoms with E-state index >= 15 is 0 Å². The van der Waals surface area contributed by atoms with Crippen molar-refractivity contribution in [2.75, 3.05) is 0 Å². The monoisotopic (exact) mass is 354 g/mol. The fourth-order valence-electron chi connectivity index (χ4n) is 2.74. The molecule has 0 saturated heterocycles. The third-order valence-corrected chi connectivity index (χ3v) is 4.17. The number of hydrogen-bond donors (Lipinski definition) is 0. The first-order chi connectivity index (χ1) is 12.4. The van der Waals surface area contributed by atoms with E-state index < -0.39 is 5.60 Å². The minimum Gasteiger partial charge on any atom is -0.490 e. The van der Waals surface area contributed by atoms with Crippen molar-refractivity contribution in [3.8, 4) is 5.75 Å². The predicted molar refractivity (Wildman–Crippen MR) is 100 cm³/mol. The number of carbonyl (C=O) groups is 1. The van der Waals surface area contributed by atoms with Gasteiger partial charge in [-0.1, -0.05) is 30.3 Å². The molecule has 0 N–H and O–H groups in total. The van der Waals surface area contributed by atoms with Crippen molar-refractivity contribution in [3.63, 3.8) is 0 Å². The minimum atomic E-state index is -0.493. The highest BCUT2D eigenvalue weighted by Crippen LogP contribution is 2.29. The van der Waals surface area contributed by atoms with E-state index in [0.717, 1.165) is 18.6 Å². The summed E-state index contributed by atoms with van der Waals surface area (Å²) in [4.78, 5) is 12.0. The summed E-state index contributed by atoms with van der Waals surface area (Å²) in [6.45, 7) is 6.21. The van der Waals surface area contributed by atoms with Gasteiger partial charge >= 0.3 is 5.97 Å². The average Bonchev–Trinajstić information content (AvgIpc) is 2.56. The van der Waals surface area contributed by atoms with Gasteiger partial charge in [-0.05, 0) is 50.6 Å². The van der Waals surface area contributed by atoms with E-state index in [9.17, 15) is 4.79 Å². The first kappa shape index (κ1) is 18.5. The van der Waals surface area contributed by atoms with Crippen LogP contribution in [0.15, 0.2) is 54.6 Å². The Morgan fingerprint density at radius 3 is 2.23 bits per heavy atom. The summed E-state index contributed by atoms with van der Waals surface area (Å²) < 4.78 is 17.2. The van der Waals surface area contributed by atoms with Crippen molar-refractivity contribution >= 4 is 5.97 Å². The van der Waals surface area contributed by atoms with Gasteiger partial charge < -0.3 is 14.2 Å². The van der Waals surface area contributed by atoms with E-state index in [1.165, 1.54) is 5.56 Å². The van der Waals surface area contributed by atoms with Gasteiger partial charge in [-0.2, -0.15) is 0 Å². The van der Waals surface area contributed by atoms with Crippen molar-refractivity contribution < 1.29 is 19.0 Å². The zero-order valence-electron chi connectivity index (χ0n) is 15.6. The van der Waals surface area contributed by atoms with Crippen LogP contribution < -0.4 is 4.74 Å². The molecule has 0 unspecified atom stereocenters. The lowest BCUT2D eigenvalue weighted by Gasteiger charge is -2.35. The molecule has 1 saturated carbocycles. The lowest BCUT2D eigenvalue weighted by Crippen LogP contribution is -2.39. The van der Waals surface area contributed by atoms with Gasteiger partial charge in [0.05, 0.1) is 18.3 Å². The van der Waals surface area contributed by atoms with Gasteiger partial charge in [-0.3, -0.25) is 0 Å². The molecule has 0 aliphatic heterocycles. The molecule has 0 atom stereocenters. The molecule has 0 amide bonds. The molecular weight excluding hydrogens is 328 g/mol. The van der Waals surface area contributed by atoms with E-state index in [1.54, 1.807) is 12.1 Å². The topological polar surface area (TPSA) is 44.8 Å². The Morgan fingerprint density at radius 2 is 1.62 bits per heavy atom. The van der Waals surface area contributed by atoms with Crippen LogP contribution >= 0.6 is 0 Å². The van der Waals surface area contributed by atoms with Gasteiger partial charge in [-0.25, -0.2) is 4.79 Å². The van der Waals surface area contributed by atoms with Crippen LogP contribution in [0.2, 0.25) is 0 Å². The van der Waals surface area contributed by atoms with Crippen molar-refractivity contribution in [3.05, 3.63) is 65.7 Å². The Labute approximate surface area is 155 Å². The van der Waals surface area contributed by atoms with Gasteiger partial charge in [0.15, 0.2) is 0 Å². The Morgan fingerprint density at radius 1 is 0.962 bits per heavy atom. The molecule has 26 heavy (non-hydrogen) atoms. The Balaban J connectivity index is 1.41. The van der Waals surface area contributed by atoms with Gasteiger partial charge in [0.2, 0.25) is 0 Å². The molecule has 2 aromatic rings. The van der Waals surface area contributed by atoms with Crippen LogP contribution in [0.1, 0.15) is 49.5 Å². The average molecular weight is 354 g/mol. The van der Waals surface area contributed by atoms with Crippen molar-refractivity contribution in [1.29, 1.82) is 0 Å². The molecule has 2 aromatic carbocycles.